The van der Waals surface area contributed by atoms with Crippen molar-refractivity contribution in [3.63, 3.8) is 0 Å². The van der Waals surface area contributed by atoms with Gasteiger partial charge in [-0.2, -0.15) is 0 Å². The Kier molecular flexibility index (Phi) is 7.28. The third kappa shape index (κ3) is 5.45. The average molecular weight is 473 g/mol. The van der Waals surface area contributed by atoms with Gasteiger partial charge in [-0.05, 0) is 52.5 Å². The maximum atomic E-state index is 12.3. The molecule has 0 aliphatic heterocycles. The molecule has 2 aromatic carbocycles. The highest BCUT2D eigenvalue weighted by Crippen LogP contribution is 2.40. The molecular weight excluding hydrogens is 454 g/mol. The molecule has 0 saturated heterocycles. The quantitative estimate of drug-likeness (QED) is 0.538. The summed E-state index contributed by atoms with van der Waals surface area (Å²) in [7, 11) is 0. The van der Waals surface area contributed by atoms with Crippen LogP contribution in [0.1, 0.15) is 25.0 Å². The Morgan fingerprint density at radius 2 is 1.92 bits per heavy atom. The fourth-order valence-electron chi connectivity index (χ4n) is 2.43. The van der Waals surface area contributed by atoms with Crippen LogP contribution in [0.5, 0.6) is 5.75 Å². The predicted octanol–water partition coefficient (Wildman–Crippen LogP) is 5.23. The first kappa shape index (κ1) is 19.8. The van der Waals surface area contributed by atoms with Gasteiger partial charge in [-0.15, -0.1) is 0 Å². The van der Waals surface area contributed by atoms with E-state index in [4.69, 9.17) is 4.74 Å². The largest absolute Gasteiger partial charge is 0.506 e. The third-order valence-electron chi connectivity index (χ3n) is 3.72. The van der Waals surface area contributed by atoms with Gasteiger partial charge in [0, 0.05) is 22.3 Å². The number of amides is 1. The van der Waals surface area contributed by atoms with Crippen molar-refractivity contribution in [2.45, 2.75) is 19.4 Å². The van der Waals surface area contributed by atoms with E-state index in [-0.39, 0.29) is 18.3 Å². The number of aliphatic hydroxyl groups excluding tert-OH is 1. The SMILES string of the molecule is C[C@H](CCO)[C@@H](OC(=O)Nc1ccccc1)c1cc(Br)cc(Br)c1O. The van der Waals surface area contributed by atoms with Crippen molar-refractivity contribution in [3.8, 4) is 5.75 Å². The Balaban J connectivity index is 2.26. The van der Waals surface area contributed by atoms with E-state index in [1.807, 2.05) is 13.0 Å². The molecule has 2 aromatic rings. The summed E-state index contributed by atoms with van der Waals surface area (Å²) in [4.78, 5) is 12.3. The smallest absolute Gasteiger partial charge is 0.412 e. The van der Waals surface area contributed by atoms with Gasteiger partial charge in [0.2, 0.25) is 0 Å². The number of phenols is 1. The summed E-state index contributed by atoms with van der Waals surface area (Å²) in [6.07, 6.45) is -0.923. The van der Waals surface area contributed by atoms with Gasteiger partial charge in [-0.3, -0.25) is 5.32 Å². The molecule has 0 aliphatic rings. The molecule has 5 nitrogen and oxygen atoms in total. The lowest BCUT2D eigenvalue weighted by molar-refractivity contribution is 0.0651. The molecule has 0 spiro atoms. The fourth-order valence-corrected chi connectivity index (χ4v) is 3.69. The number of carbonyl (C=O) groups is 1. The van der Waals surface area contributed by atoms with Crippen LogP contribution in [0.3, 0.4) is 0 Å². The summed E-state index contributed by atoms with van der Waals surface area (Å²) in [5.41, 5.74) is 1.08. The zero-order valence-electron chi connectivity index (χ0n) is 13.6. The van der Waals surface area contributed by atoms with Crippen LogP contribution in [0, 0.1) is 5.92 Å². The fraction of sp³-hybridized carbons (Fsp3) is 0.278. The summed E-state index contributed by atoms with van der Waals surface area (Å²) >= 11 is 6.66. The molecule has 1 amide bonds. The second kappa shape index (κ2) is 9.22. The summed E-state index contributed by atoms with van der Waals surface area (Å²) in [6.45, 7) is 1.81. The number of phenolic OH excluding ortho intramolecular Hbond substituents is 1. The number of aromatic hydroxyl groups is 1. The Hall–Kier alpha value is -1.57. The highest BCUT2D eigenvalue weighted by Gasteiger charge is 2.27. The highest BCUT2D eigenvalue weighted by atomic mass is 79.9. The van der Waals surface area contributed by atoms with Crippen LogP contribution < -0.4 is 5.32 Å². The number of aliphatic hydroxyl groups is 1. The first-order valence-corrected chi connectivity index (χ1v) is 9.32. The van der Waals surface area contributed by atoms with E-state index >= 15 is 0 Å². The molecule has 0 aromatic heterocycles. The Morgan fingerprint density at radius 1 is 1.24 bits per heavy atom. The van der Waals surface area contributed by atoms with E-state index in [2.05, 4.69) is 37.2 Å². The minimum atomic E-state index is -0.718. The maximum Gasteiger partial charge on any atom is 0.412 e. The van der Waals surface area contributed by atoms with Crippen LogP contribution in [0.2, 0.25) is 0 Å². The molecule has 0 fully saturated rings. The number of benzene rings is 2. The summed E-state index contributed by atoms with van der Waals surface area (Å²) in [5, 5.41) is 22.3. The lowest BCUT2D eigenvalue weighted by atomic mass is 9.94. The van der Waals surface area contributed by atoms with Gasteiger partial charge in [0.15, 0.2) is 0 Å². The third-order valence-corrected chi connectivity index (χ3v) is 4.78. The molecule has 0 radical (unpaired) electrons. The number of nitrogens with one attached hydrogen (secondary N) is 1. The van der Waals surface area contributed by atoms with Gasteiger partial charge >= 0.3 is 6.09 Å². The average Bonchev–Trinajstić information content (AvgIpc) is 2.57. The second-order valence-corrected chi connectivity index (χ2v) is 7.40. The van der Waals surface area contributed by atoms with E-state index in [1.54, 1.807) is 36.4 Å². The normalized spacial score (nSPS) is 13.1. The standard InChI is InChI=1S/C18H19Br2NO4/c1-11(7-8-22)17(14-9-12(19)10-15(20)16(14)23)25-18(24)21-13-5-3-2-4-6-13/h2-6,9-11,17,22-23H,7-8H2,1H3,(H,21,24)/t11-,17-/m1/s1. The molecular formula is C18H19Br2NO4. The van der Waals surface area contributed by atoms with Crippen LogP contribution in [-0.4, -0.2) is 22.9 Å². The number of rotatable bonds is 6. The van der Waals surface area contributed by atoms with E-state index < -0.39 is 12.2 Å². The van der Waals surface area contributed by atoms with E-state index in [0.29, 0.717) is 22.1 Å². The van der Waals surface area contributed by atoms with Crippen LogP contribution in [0.25, 0.3) is 0 Å². The van der Waals surface area contributed by atoms with Gasteiger partial charge in [-0.1, -0.05) is 41.1 Å². The first-order valence-electron chi connectivity index (χ1n) is 7.73. The first-order chi connectivity index (χ1) is 11.9. The topological polar surface area (TPSA) is 78.8 Å². The number of para-hydroxylation sites is 1. The molecule has 0 heterocycles. The maximum absolute atomic E-state index is 12.3. The van der Waals surface area contributed by atoms with Crippen molar-refractivity contribution in [2.24, 2.45) is 5.92 Å². The van der Waals surface area contributed by atoms with E-state index in [9.17, 15) is 15.0 Å². The van der Waals surface area contributed by atoms with Gasteiger partial charge in [0.25, 0.3) is 0 Å². The number of anilines is 1. The molecule has 0 bridgehead atoms. The van der Waals surface area contributed by atoms with Gasteiger partial charge in [0.1, 0.15) is 11.9 Å². The van der Waals surface area contributed by atoms with Crippen molar-refractivity contribution in [3.05, 3.63) is 57.0 Å². The van der Waals surface area contributed by atoms with Crippen LogP contribution >= 0.6 is 31.9 Å². The van der Waals surface area contributed by atoms with Crippen molar-refractivity contribution >= 4 is 43.6 Å². The summed E-state index contributed by atoms with van der Waals surface area (Å²) < 4.78 is 6.81. The molecule has 2 rings (SSSR count). The van der Waals surface area contributed by atoms with Crippen molar-refractivity contribution < 1.29 is 19.7 Å². The van der Waals surface area contributed by atoms with Crippen molar-refractivity contribution in [2.75, 3.05) is 11.9 Å². The highest BCUT2D eigenvalue weighted by molar-refractivity contribution is 9.11. The van der Waals surface area contributed by atoms with Gasteiger partial charge < -0.3 is 14.9 Å². The molecule has 3 N–H and O–H groups in total. The molecule has 0 aliphatic carbocycles. The number of carbonyl (C=O) groups excluding carboxylic acids is 1. The van der Waals surface area contributed by atoms with Gasteiger partial charge in [-0.25, -0.2) is 4.79 Å². The zero-order chi connectivity index (χ0) is 18.4. The van der Waals surface area contributed by atoms with Crippen LogP contribution in [0.15, 0.2) is 51.4 Å². The van der Waals surface area contributed by atoms with E-state index in [0.717, 1.165) is 4.47 Å². The molecule has 0 unspecified atom stereocenters. The molecule has 25 heavy (non-hydrogen) atoms. The van der Waals surface area contributed by atoms with Crippen LogP contribution in [-0.2, 0) is 4.74 Å². The summed E-state index contributed by atoms with van der Waals surface area (Å²) in [6, 6.07) is 12.4. The lowest BCUT2D eigenvalue weighted by Gasteiger charge is -2.25. The predicted molar refractivity (Wildman–Crippen MR) is 104 cm³/mol. The Bertz CT molecular complexity index is 725. The van der Waals surface area contributed by atoms with E-state index in [1.165, 1.54) is 0 Å². The van der Waals surface area contributed by atoms with Gasteiger partial charge in [0.05, 0.1) is 4.47 Å². The van der Waals surface area contributed by atoms with Crippen molar-refractivity contribution in [1.82, 2.24) is 0 Å². The number of hydrogen-bond acceptors (Lipinski definition) is 4. The lowest BCUT2D eigenvalue weighted by Crippen LogP contribution is -2.22. The number of hydrogen-bond donors (Lipinski definition) is 3. The van der Waals surface area contributed by atoms with Crippen LogP contribution in [0.4, 0.5) is 10.5 Å². The minimum Gasteiger partial charge on any atom is -0.506 e. The molecule has 0 saturated carbocycles. The molecule has 134 valence electrons. The minimum absolute atomic E-state index is 0.00509. The zero-order valence-corrected chi connectivity index (χ0v) is 16.7. The number of ether oxygens (including phenoxy) is 1. The second-order valence-electron chi connectivity index (χ2n) is 5.63. The Morgan fingerprint density at radius 3 is 2.56 bits per heavy atom. The monoisotopic (exact) mass is 471 g/mol. The molecule has 7 heteroatoms. The Labute approximate surface area is 163 Å². The number of halogens is 2. The molecule has 2 atom stereocenters. The summed E-state index contributed by atoms with van der Waals surface area (Å²) in [5.74, 6) is -0.191. The van der Waals surface area contributed by atoms with Crippen molar-refractivity contribution in [1.29, 1.82) is 0 Å².